The van der Waals surface area contributed by atoms with Crippen LogP contribution < -0.4 is 0 Å². The second kappa shape index (κ2) is 6.99. The van der Waals surface area contributed by atoms with E-state index in [1.54, 1.807) is 16.3 Å². The lowest BCUT2D eigenvalue weighted by Crippen LogP contribution is -2.49. The van der Waals surface area contributed by atoms with Crippen molar-refractivity contribution in [1.29, 1.82) is 0 Å². The molecule has 2 heterocycles. The van der Waals surface area contributed by atoms with Gasteiger partial charge < -0.3 is 10.0 Å². The van der Waals surface area contributed by atoms with E-state index in [0.717, 1.165) is 12.5 Å². The predicted octanol–water partition coefficient (Wildman–Crippen LogP) is 3.48. The van der Waals surface area contributed by atoms with E-state index in [4.69, 9.17) is 0 Å². The molecule has 1 atom stereocenters. The molecule has 3 rings (SSSR count). The molecule has 3 nitrogen and oxygen atoms in total. The van der Waals surface area contributed by atoms with Crippen LogP contribution in [-0.2, 0) is 6.42 Å². The number of amides is 1. The summed E-state index contributed by atoms with van der Waals surface area (Å²) in [5.41, 5.74) is 0.416. The first-order valence-corrected chi connectivity index (χ1v) is 8.84. The van der Waals surface area contributed by atoms with Crippen molar-refractivity contribution in [3.05, 3.63) is 57.8 Å². The summed E-state index contributed by atoms with van der Waals surface area (Å²) >= 11 is 1.46. The maximum absolute atomic E-state index is 14.0. The van der Waals surface area contributed by atoms with Crippen molar-refractivity contribution >= 4 is 17.2 Å². The van der Waals surface area contributed by atoms with E-state index in [-0.39, 0.29) is 18.9 Å². The highest BCUT2D eigenvalue weighted by Gasteiger charge is 2.37. The number of benzene rings is 1. The molecule has 1 aliphatic heterocycles. The maximum Gasteiger partial charge on any atom is 0.254 e. The van der Waals surface area contributed by atoms with Gasteiger partial charge in [0.1, 0.15) is 11.6 Å². The number of rotatable bonds is 4. The van der Waals surface area contributed by atoms with E-state index in [1.807, 2.05) is 5.38 Å². The van der Waals surface area contributed by atoms with Crippen molar-refractivity contribution in [2.75, 3.05) is 19.7 Å². The Balaban J connectivity index is 1.80. The first-order valence-electron chi connectivity index (χ1n) is 7.89. The van der Waals surface area contributed by atoms with Crippen LogP contribution >= 0.6 is 11.3 Å². The van der Waals surface area contributed by atoms with Crippen LogP contribution in [-0.4, -0.2) is 35.6 Å². The molecule has 24 heavy (non-hydrogen) atoms. The third-order valence-electron chi connectivity index (χ3n) is 4.63. The lowest BCUT2D eigenvalue weighted by molar-refractivity contribution is 0.0268. The van der Waals surface area contributed by atoms with Gasteiger partial charge in [-0.3, -0.25) is 4.79 Å². The summed E-state index contributed by atoms with van der Waals surface area (Å²) in [7, 11) is 0. The number of nitrogens with zero attached hydrogens (tertiary/aromatic N) is 1. The van der Waals surface area contributed by atoms with Crippen molar-refractivity contribution in [2.24, 2.45) is 5.41 Å². The average Bonchev–Trinajstić information content (AvgIpc) is 3.11. The second-order valence-corrected chi connectivity index (χ2v) is 7.19. The first-order chi connectivity index (χ1) is 11.5. The molecule has 0 radical (unpaired) electrons. The first kappa shape index (κ1) is 17.0. The molecule has 1 unspecified atom stereocenters. The van der Waals surface area contributed by atoms with Crippen LogP contribution in [0.25, 0.3) is 0 Å². The molecule has 1 amide bonds. The van der Waals surface area contributed by atoms with E-state index >= 15 is 0 Å². The van der Waals surface area contributed by atoms with Gasteiger partial charge in [-0.2, -0.15) is 11.3 Å². The summed E-state index contributed by atoms with van der Waals surface area (Å²) in [5, 5.41) is 13.6. The number of piperidine rings is 1. The molecule has 1 saturated heterocycles. The highest BCUT2D eigenvalue weighted by atomic mass is 32.1. The number of halogens is 2. The SMILES string of the molecule is O=C(c1ccsc1)N1CCCC(CO)(Cc2ccc(F)cc2F)C1. The highest BCUT2D eigenvalue weighted by Crippen LogP contribution is 2.34. The Hall–Kier alpha value is -1.79. The molecule has 1 aromatic carbocycles. The number of likely N-dealkylation sites (tertiary alicyclic amines) is 1. The van der Waals surface area contributed by atoms with Crippen LogP contribution in [0.5, 0.6) is 0 Å². The fraction of sp³-hybridized carbons (Fsp3) is 0.389. The number of hydrogen-bond acceptors (Lipinski definition) is 3. The van der Waals surface area contributed by atoms with E-state index in [1.165, 1.54) is 23.5 Å². The zero-order chi connectivity index (χ0) is 17.2. The molecule has 1 aromatic heterocycles. The summed E-state index contributed by atoms with van der Waals surface area (Å²) < 4.78 is 27.1. The van der Waals surface area contributed by atoms with Crippen molar-refractivity contribution in [1.82, 2.24) is 4.90 Å². The summed E-state index contributed by atoms with van der Waals surface area (Å²) in [5.74, 6) is -1.29. The lowest BCUT2D eigenvalue weighted by Gasteiger charge is -2.42. The molecule has 1 N–H and O–H groups in total. The van der Waals surface area contributed by atoms with Crippen molar-refractivity contribution in [2.45, 2.75) is 19.3 Å². The Morgan fingerprint density at radius 2 is 2.17 bits per heavy atom. The van der Waals surface area contributed by atoms with Crippen LogP contribution in [0.3, 0.4) is 0 Å². The van der Waals surface area contributed by atoms with Gasteiger partial charge in [-0.15, -0.1) is 0 Å². The quantitative estimate of drug-likeness (QED) is 0.916. The van der Waals surface area contributed by atoms with E-state index in [0.29, 0.717) is 30.6 Å². The Labute approximate surface area is 143 Å². The minimum atomic E-state index is -0.618. The Morgan fingerprint density at radius 3 is 2.83 bits per heavy atom. The van der Waals surface area contributed by atoms with Gasteiger partial charge in [0, 0.05) is 30.0 Å². The van der Waals surface area contributed by atoms with Crippen LogP contribution in [0.4, 0.5) is 8.78 Å². The smallest absolute Gasteiger partial charge is 0.254 e. The van der Waals surface area contributed by atoms with Crippen molar-refractivity contribution in [3.8, 4) is 0 Å². The zero-order valence-electron chi connectivity index (χ0n) is 13.2. The number of carbonyl (C=O) groups is 1. The largest absolute Gasteiger partial charge is 0.396 e. The summed E-state index contributed by atoms with van der Waals surface area (Å²) in [6, 6.07) is 5.28. The van der Waals surface area contributed by atoms with Crippen LogP contribution in [0, 0.1) is 17.0 Å². The fourth-order valence-corrected chi connectivity index (χ4v) is 3.98. The number of aliphatic hydroxyl groups is 1. The Bertz CT molecular complexity index is 720. The topological polar surface area (TPSA) is 40.5 Å². The number of carbonyl (C=O) groups excluding carboxylic acids is 1. The van der Waals surface area contributed by atoms with Gasteiger partial charge >= 0.3 is 0 Å². The van der Waals surface area contributed by atoms with Gasteiger partial charge in [-0.1, -0.05) is 6.07 Å². The molecule has 1 aliphatic rings. The van der Waals surface area contributed by atoms with E-state index < -0.39 is 17.0 Å². The minimum Gasteiger partial charge on any atom is -0.396 e. The minimum absolute atomic E-state index is 0.0617. The monoisotopic (exact) mass is 351 g/mol. The van der Waals surface area contributed by atoms with Crippen molar-refractivity contribution < 1.29 is 18.7 Å². The van der Waals surface area contributed by atoms with Crippen LogP contribution in [0.15, 0.2) is 35.0 Å². The third kappa shape index (κ3) is 3.49. The van der Waals surface area contributed by atoms with Crippen LogP contribution in [0.1, 0.15) is 28.8 Å². The predicted molar refractivity (Wildman–Crippen MR) is 89.0 cm³/mol. The Kier molecular flexibility index (Phi) is 4.96. The number of aliphatic hydroxyl groups excluding tert-OH is 1. The van der Waals surface area contributed by atoms with Gasteiger partial charge in [0.15, 0.2) is 0 Å². The molecule has 2 aromatic rings. The van der Waals surface area contributed by atoms with Gasteiger partial charge in [0.05, 0.1) is 12.2 Å². The molecule has 6 heteroatoms. The lowest BCUT2D eigenvalue weighted by atomic mass is 9.75. The molecule has 0 aliphatic carbocycles. The summed E-state index contributed by atoms with van der Waals surface area (Å²) in [4.78, 5) is 14.3. The van der Waals surface area contributed by atoms with E-state index in [2.05, 4.69) is 0 Å². The molecule has 0 spiro atoms. The molecule has 1 fully saturated rings. The second-order valence-electron chi connectivity index (χ2n) is 6.41. The zero-order valence-corrected chi connectivity index (χ0v) is 14.0. The normalized spacial score (nSPS) is 21.0. The van der Waals surface area contributed by atoms with Gasteiger partial charge in [-0.25, -0.2) is 8.78 Å². The average molecular weight is 351 g/mol. The molecular formula is C18H19F2NO2S. The fourth-order valence-electron chi connectivity index (χ4n) is 3.35. The molecular weight excluding hydrogens is 332 g/mol. The summed E-state index contributed by atoms with van der Waals surface area (Å²) in [6.45, 7) is 0.856. The number of thiophene rings is 1. The molecule has 128 valence electrons. The summed E-state index contributed by atoms with van der Waals surface area (Å²) in [6.07, 6.45) is 1.73. The van der Waals surface area contributed by atoms with E-state index in [9.17, 15) is 18.7 Å². The van der Waals surface area contributed by atoms with Crippen LogP contribution in [0.2, 0.25) is 0 Å². The standard InChI is InChI=1S/C18H19F2NO2S/c19-15-3-2-13(16(20)8-15)9-18(12-22)5-1-6-21(11-18)17(23)14-4-7-24-10-14/h2-4,7-8,10,22H,1,5-6,9,11-12H2. The molecule has 0 saturated carbocycles. The molecule has 0 bridgehead atoms. The van der Waals surface area contributed by atoms with Gasteiger partial charge in [0.25, 0.3) is 5.91 Å². The highest BCUT2D eigenvalue weighted by molar-refractivity contribution is 7.08. The third-order valence-corrected chi connectivity index (χ3v) is 5.32. The number of hydrogen-bond donors (Lipinski definition) is 1. The maximum atomic E-state index is 14.0. The van der Waals surface area contributed by atoms with Crippen molar-refractivity contribution in [3.63, 3.8) is 0 Å². The Morgan fingerprint density at radius 1 is 1.33 bits per heavy atom. The van der Waals surface area contributed by atoms with Gasteiger partial charge in [-0.05, 0) is 42.3 Å². The van der Waals surface area contributed by atoms with Gasteiger partial charge in [0.2, 0.25) is 0 Å².